The normalized spacial score (nSPS) is 23.8. The average Bonchev–Trinajstić information content (AvgIpc) is 2.69. The van der Waals surface area contributed by atoms with E-state index in [-0.39, 0.29) is 11.9 Å². The molecule has 0 radical (unpaired) electrons. The van der Waals surface area contributed by atoms with Gasteiger partial charge in [-0.3, -0.25) is 14.6 Å². The molecule has 3 amide bonds. The predicted octanol–water partition coefficient (Wildman–Crippen LogP) is 2.15. The van der Waals surface area contributed by atoms with Gasteiger partial charge in [0.25, 0.3) is 5.91 Å². The zero-order valence-electron chi connectivity index (χ0n) is 11.5. The Kier molecular flexibility index (Phi) is 4.29. The van der Waals surface area contributed by atoms with Crippen LogP contribution in [0, 0.1) is 0 Å². The third-order valence-electron chi connectivity index (χ3n) is 3.04. The number of likely N-dealkylation sites (N-methyl/N-ethyl adjacent to an activating group) is 2. The van der Waals surface area contributed by atoms with E-state index in [1.165, 1.54) is 21.6 Å². The first-order chi connectivity index (χ1) is 9.45. The Morgan fingerprint density at radius 1 is 1.30 bits per heavy atom. The zero-order chi connectivity index (χ0) is 14.9. The van der Waals surface area contributed by atoms with Gasteiger partial charge in [0.15, 0.2) is 0 Å². The molecule has 2 rings (SSSR count). The largest absolute Gasteiger partial charge is 0.327 e. The highest BCUT2D eigenvalue weighted by molar-refractivity contribution is 8.26. The third kappa shape index (κ3) is 2.64. The SMILES string of the molecule is CCN1C(=O)/C(=C/C=C2/C=CN(C)C(=O)N2C)SC1=S. The molecule has 0 spiro atoms. The van der Waals surface area contributed by atoms with Gasteiger partial charge >= 0.3 is 6.03 Å². The monoisotopic (exact) mass is 309 g/mol. The molecule has 0 bridgehead atoms. The third-order valence-corrected chi connectivity index (χ3v) is 4.44. The Morgan fingerprint density at radius 2 is 2.00 bits per heavy atom. The molecule has 2 aliphatic heterocycles. The number of hydrogen-bond acceptors (Lipinski definition) is 4. The minimum Gasteiger partial charge on any atom is -0.304 e. The van der Waals surface area contributed by atoms with E-state index in [9.17, 15) is 9.59 Å². The number of carbonyl (C=O) groups is 2. The molecule has 1 fully saturated rings. The second kappa shape index (κ2) is 5.80. The molecular weight excluding hydrogens is 294 g/mol. The summed E-state index contributed by atoms with van der Waals surface area (Å²) < 4.78 is 0.575. The van der Waals surface area contributed by atoms with E-state index < -0.39 is 0 Å². The van der Waals surface area contributed by atoms with Crippen LogP contribution in [0.15, 0.2) is 35.0 Å². The van der Waals surface area contributed by atoms with Crippen molar-refractivity contribution in [1.29, 1.82) is 0 Å². The van der Waals surface area contributed by atoms with E-state index >= 15 is 0 Å². The number of rotatable bonds is 2. The van der Waals surface area contributed by atoms with Gasteiger partial charge < -0.3 is 4.90 Å². The van der Waals surface area contributed by atoms with Gasteiger partial charge in [-0.25, -0.2) is 4.79 Å². The summed E-state index contributed by atoms with van der Waals surface area (Å²) in [6.45, 7) is 2.46. The lowest BCUT2D eigenvalue weighted by Gasteiger charge is -2.27. The molecule has 1 saturated heterocycles. The molecular formula is C13H15N3O2S2. The highest BCUT2D eigenvalue weighted by Gasteiger charge is 2.30. The van der Waals surface area contributed by atoms with Gasteiger partial charge in [0, 0.05) is 32.5 Å². The number of hydrogen-bond donors (Lipinski definition) is 0. The Labute approximate surface area is 127 Å². The van der Waals surface area contributed by atoms with Crippen LogP contribution in [0.3, 0.4) is 0 Å². The predicted molar refractivity (Wildman–Crippen MR) is 83.8 cm³/mol. The molecule has 7 heteroatoms. The lowest BCUT2D eigenvalue weighted by molar-refractivity contribution is -0.122. The van der Waals surface area contributed by atoms with Gasteiger partial charge in [-0.2, -0.15) is 0 Å². The van der Waals surface area contributed by atoms with Crippen LogP contribution in [-0.4, -0.2) is 51.6 Å². The van der Waals surface area contributed by atoms with Gasteiger partial charge in [0.2, 0.25) is 0 Å². The van der Waals surface area contributed by atoms with Crippen LogP contribution in [0.25, 0.3) is 0 Å². The summed E-state index contributed by atoms with van der Waals surface area (Å²) >= 11 is 6.43. The lowest BCUT2D eigenvalue weighted by atomic mass is 10.3. The molecule has 0 N–H and O–H groups in total. The van der Waals surface area contributed by atoms with Gasteiger partial charge in [0.05, 0.1) is 4.91 Å². The molecule has 0 saturated carbocycles. The first-order valence-corrected chi connectivity index (χ1v) is 7.32. The Morgan fingerprint density at radius 3 is 2.60 bits per heavy atom. The van der Waals surface area contributed by atoms with Crippen molar-refractivity contribution < 1.29 is 9.59 Å². The summed E-state index contributed by atoms with van der Waals surface area (Å²) in [5.41, 5.74) is 0.731. The van der Waals surface area contributed by atoms with E-state index in [0.717, 1.165) is 5.70 Å². The van der Waals surface area contributed by atoms with Crippen LogP contribution in [0.2, 0.25) is 0 Å². The Bertz CT molecular complexity index is 566. The molecule has 0 unspecified atom stereocenters. The molecule has 0 aromatic carbocycles. The summed E-state index contributed by atoms with van der Waals surface area (Å²) in [7, 11) is 3.39. The minimum atomic E-state index is -0.117. The van der Waals surface area contributed by atoms with Crippen molar-refractivity contribution in [2.75, 3.05) is 20.6 Å². The zero-order valence-corrected chi connectivity index (χ0v) is 13.1. The highest BCUT2D eigenvalue weighted by Crippen LogP contribution is 2.30. The lowest BCUT2D eigenvalue weighted by Crippen LogP contribution is -2.37. The second-order valence-corrected chi connectivity index (χ2v) is 5.98. The van der Waals surface area contributed by atoms with Gasteiger partial charge in [-0.15, -0.1) is 0 Å². The number of amides is 3. The van der Waals surface area contributed by atoms with E-state index in [2.05, 4.69) is 0 Å². The van der Waals surface area contributed by atoms with E-state index in [0.29, 0.717) is 15.8 Å². The Hall–Kier alpha value is -1.60. The number of carbonyl (C=O) groups excluding carboxylic acids is 2. The summed E-state index contributed by atoms with van der Waals surface area (Å²) in [6, 6.07) is -0.117. The van der Waals surface area contributed by atoms with Crippen LogP contribution in [0.5, 0.6) is 0 Å². The van der Waals surface area contributed by atoms with Crippen molar-refractivity contribution in [2.45, 2.75) is 6.92 Å². The topological polar surface area (TPSA) is 43.9 Å². The fraction of sp³-hybridized carbons (Fsp3) is 0.308. The molecule has 0 aromatic heterocycles. The Balaban J connectivity index is 2.23. The summed E-state index contributed by atoms with van der Waals surface area (Å²) in [5, 5.41) is 0. The first kappa shape index (κ1) is 14.8. The maximum Gasteiger partial charge on any atom is 0.327 e. The fourth-order valence-corrected chi connectivity index (χ4v) is 3.15. The molecule has 2 heterocycles. The smallest absolute Gasteiger partial charge is 0.304 e. The molecule has 5 nitrogen and oxygen atoms in total. The summed E-state index contributed by atoms with van der Waals surface area (Å²) in [6.07, 6.45) is 6.98. The van der Waals surface area contributed by atoms with Crippen molar-refractivity contribution >= 4 is 40.2 Å². The summed E-state index contributed by atoms with van der Waals surface area (Å²) in [5.74, 6) is -0.0785. The van der Waals surface area contributed by atoms with Crippen LogP contribution in [0.4, 0.5) is 4.79 Å². The molecule has 20 heavy (non-hydrogen) atoms. The summed E-state index contributed by atoms with van der Waals surface area (Å²) in [4.78, 5) is 29.0. The van der Waals surface area contributed by atoms with Gasteiger partial charge in [-0.05, 0) is 25.2 Å². The minimum absolute atomic E-state index is 0.0785. The maximum atomic E-state index is 12.0. The second-order valence-electron chi connectivity index (χ2n) is 4.31. The van der Waals surface area contributed by atoms with E-state index in [1.807, 2.05) is 13.0 Å². The van der Waals surface area contributed by atoms with E-state index in [1.54, 1.807) is 37.3 Å². The number of nitrogens with zero attached hydrogens (tertiary/aromatic N) is 3. The average molecular weight is 309 g/mol. The molecule has 0 aromatic rings. The number of urea groups is 1. The van der Waals surface area contributed by atoms with Crippen LogP contribution in [-0.2, 0) is 4.79 Å². The molecule has 2 aliphatic rings. The van der Waals surface area contributed by atoms with Crippen molar-refractivity contribution in [3.05, 3.63) is 35.0 Å². The van der Waals surface area contributed by atoms with Crippen LogP contribution in [0.1, 0.15) is 6.92 Å². The number of thiocarbonyl (C=S) groups is 1. The number of allylic oxidation sites excluding steroid dienone is 3. The van der Waals surface area contributed by atoms with E-state index in [4.69, 9.17) is 12.2 Å². The quantitative estimate of drug-likeness (QED) is 0.579. The van der Waals surface area contributed by atoms with Crippen molar-refractivity contribution in [3.63, 3.8) is 0 Å². The van der Waals surface area contributed by atoms with Gasteiger partial charge in [0.1, 0.15) is 4.32 Å². The van der Waals surface area contributed by atoms with Crippen molar-refractivity contribution in [3.8, 4) is 0 Å². The standard InChI is InChI=1S/C13H15N3O2S2/c1-4-16-11(17)10(20-13(16)19)6-5-9-7-8-14(2)12(18)15(9)3/h5-8H,4H2,1-3H3/b9-5-,10-6-. The first-order valence-electron chi connectivity index (χ1n) is 6.10. The van der Waals surface area contributed by atoms with Crippen LogP contribution < -0.4 is 0 Å². The maximum absolute atomic E-state index is 12.0. The van der Waals surface area contributed by atoms with Gasteiger partial charge in [-0.1, -0.05) is 24.0 Å². The highest BCUT2D eigenvalue weighted by atomic mass is 32.2. The van der Waals surface area contributed by atoms with Crippen LogP contribution >= 0.6 is 24.0 Å². The molecule has 0 aliphatic carbocycles. The molecule has 106 valence electrons. The fourth-order valence-electron chi connectivity index (χ4n) is 1.83. The molecule has 0 atom stereocenters. The van der Waals surface area contributed by atoms with Crippen molar-refractivity contribution in [2.24, 2.45) is 0 Å². The van der Waals surface area contributed by atoms with Crippen molar-refractivity contribution in [1.82, 2.24) is 14.7 Å². The number of thioether (sulfide) groups is 1.